The molecule has 3 aromatic rings. The maximum absolute atomic E-state index is 13.2. The van der Waals surface area contributed by atoms with Crippen LogP contribution in [0.15, 0.2) is 78.9 Å². The minimum atomic E-state index is -1.09. The predicted molar refractivity (Wildman–Crippen MR) is 142 cm³/mol. The number of benzene rings is 3. The monoisotopic (exact) mass is 495 g/mol. The van der Waals surface area contributed by atoms with E-state index in [9.17, 15) is 19.2 Å². The van der Waals surface area contributed by atoms with Crippen molar-refractivity contribution in [2.45, 2.75) is 31.8 Å². The first kappa shape index (κ1) is 25.6. The third kappa shape index (κ3) is 6.79. The molecule has 7 heteroatoms. The molecule has 0 spiro atoms. The Balaban J connectivity index is 1.47. The van der Waals surface area contributed by atoms with Gasteiger partial charge < -0.3 is 16.0 Å². The molecule has 4 rings (SSSR count). The molecule has 3 amide bonds. The fourth-order valence-corrected chi connectivity index (χ4v) is 4.33. The number of nitrogens with zero attached hydrogens (tertiary/aromatic N) is 1. The summed E-state index contributed by atoms with van der Waals surface area (Å²) in [5, 5.41) is 2.69. The highest BCUT2D eigenvalue weighted by molar-refractivity contribution is 6.38. The van der Waals surface area contributed by atoms with Crippen molar-refractivity contribution < 1.29 is 19.2 Å². The molecule has 1 atom stereocenters. The Bertz CT molecular complexity index is 1320. The summed E-state index contributed by atoms with van der Waals surface area (Å²) in [5.74, 6) is -2.21. The van der Waals surface area contributed by atoms with Crippen LogP contribution >= 0.6 is 0 Å². The van der Waals surface area contributed by atoms with Crippen LogP contribution in [0.25, 0.3) is 12.2 Å². The molecule has 0 radical (unpaired) electrons. The molecule has 3 N–H and O–H groups in total. The minimum Gasteiger partial charge on any atom is -0.363 e. The van der Waals surface area contributed by atoms with Crippen molar-refractivity contribution >= 4 is 35.7 Å². The molecule has 0 aromatic heterocycles. The van der Waals surface area contributed by atoms with Gasteiger partial charge in [0.25, 0.3) is 11.8 Å². The van der Waals surface area contributed by atoms with E-state index in [2.05, 4.69) is 5.32 Å². The Morgan fingerprint density at radius 3 is 2.27 bits per heavy atom. The van der Waals surface area contributed by atoms with E-state index in [1.165, 1.54) is 0 Å². The van der Waals surface area contributed by atoms with E-state index in [0.29, 0.717) is 24.1 Å². The zero-order valence-electron chi connectivity index (χ0n) is 20.4. The molecule has 0 bridgehead atoms. The van der Waals surface area contributed by atoms with E-state index in [1.807, 2.05) is 77.7 Å². The molecule has 37 heavy (non-hydrogen) atoms. The van der Waals surface area contributed by atoms with Crippen LogP contribution in [0.1, 0.15) is 45.5 Å². The Morgan fingerprint density at radius 2 is 1.59 bits per heavy atom. The number of primary amides is 1. The lowest BCUT2D eigenvalue weighted by Gasteiger charge is -2.17. The average Bonchev–Trinajstić information content (AvgIpc) is 3.32. The normalized spacial score (nSPS) is 14.1. The van der Waals surface area contributed by atoms with Crippen molar-refractivity contribution in [1.29, 1.82) is 0 Å². The predicted octanol–water partition coefficient (Wildman–Crippen LogP) is 3.37. The van der Waals surface area contributed by atoms with E-state index in [4.69, 9.17) is 5.73 Å². The van der Waals surface area contributed by atoms with Crippen LogP contribution in [-0.4, -0.2) is 41.0 Å². The molecule has 1 aliphatic rings. The zero-order valence-corrected chi connectivity index (χ0v) is 20.4. The standard InChI is InChI=1S/C30H29N3O4/c31-29(36)28(35)26(19-22-7-2-1-3-8-22)32-30(37)25-10-5-4-9-24(25)17-16-21-12-14-23(15-13-21)20-33-18-6-11-27(33)34/h1-5,7-10,12-17,26H,6,11,18-20H2,(H2,31,36)(H,32,37). The molecule has 0 saturated carbocycles. The summed E-state index contributed by atoms with van der Waals surface area (Å²) in [6.07, 6.45) is 5.42. The molecule has 1 heterocycles. The Labute approximate surface area is 216 Å². The second-order valence-electron chi connectivity index (χ2n) is 9.03. The molecular formula is C30H29N3O4. The SMILES string of the molecule is NC(=O)C(=O)C(Cc1ccccc1)NC(=O)c1ccccc1C=Cc1ccc(CN2CCCC2=O)cc1. The number of nitrogens with two attached hydrogens (primary N) is 1. The number of likely N-dealkylation sites (tertiary alicyclic amines) is 1. The van der Waals surface area contributed by atoms with E-state index in [-0.39, 0.29) is 12.3 Å². The molecular weight excluding hydrogens is 466 g/mol. The average molecular weight is 496 g/mol. The molecule has 3 aromatic carbocycles. The molecule has 1 saturated heterocycles. The molecule has 1 fully saturated rings. The third-order valence-electron chi connectivity index (χ3n) is 6.33. The van der Waals surface area contributed by atoms with Gasteiger partial charge in [-0.3, -0.25) is 19.2 Å². The fraction of sp³-hybridized carbons (Fsp3) is 0.200. The highest BCUT2D eigenvalue weighted by Gasteiger charge is 2.26. The summed E-state index contributed by atoms with van der Waals surface area (Å²) in [5.41, 5.74) is 9.08. The molecule has 0 aliphatic carbocycles. The number of nitrogens with one attached hydrogen (secondary N) is 1. The van der Waals surface area contributed by atoms with Gasteiger partial charge in [-0.1, -0.05) is 84.9 Å². The van der Waals surface area contributed by atoms with Crippen LogP contribution in [-0.2, 0) is 27.3 Å². The second kappa shape index (κ2) is 11.9. The van der Waals surface area contributed by atoms with Crippen LogP contribution in [0.5, 0.6) is 0 Å². The smallest absolute Gasteiger partial charge is 0.287 e. The maximum Gasteiger partial charge on any atom is 0.287 e. The number of hydrogen-bond donors (Lipinski definition) is 2. The van der Waals surface area contributed by atoms with Gasteiger partial charge in [-0.2, -0.15) is 0 Å². The largest absolute Gasteiger partial charge is 0.363 e. The van der Waals surface area contributed by atoms with Gasteiger partial charge in [0.05, 0.1) is 0 Å². The first-order valence-electron chi connectivity index (χ1n) is 12.2. The summed E-state index contributed by atoms with van der Waals surface area (Å²) in [4.78, 5) is 50.9. The van der Waals surface area contributed by atoms with Crippen molar-refractivity contribution in [3.05, 3.63) is 107 Å². The molecule has 1 aliphatic heterocycles. The van der Waals surface area contributed by atoms with Crippen LogP contribution in [0.4, 0.5) is 0 Å². The Hall–Kier alpha value is -4.52. The topological polar surface area (TPSA) is 110 Å². The number of Topliss-reactive ketones (excluding diaryl/α,β-unsaturated/α-hetero) is 1. The van der Waals surface area contributed by atoms with Gasteiger partial charge in [0.15, 0.2) is 0 Å². The van der Waals surface area contributed by atoms with Gasteiger partial charge in [-0.05, 0) is 34.7 Å². The lowest BCUT2D eigenvalue weighted by molar-refractivity contribution is -0.137. The Morgan fingerprint density at radius 1 is 0.892 bits per heavy atom. The summed E-state index contributed by atoms with van der Waals surface area (Å²) >= 11 is 0. The van der Waals surface area contributed by atoms with Gasteiger partial charge in [0.1, 0.15) is 6.04 Å². The van der Waals surface area contributed by atoms with E-state index < -0.39 is 23.6 Å². The summed E-state index contributed by atoms with van der Waals surface area (Å²) in [6.45, 7) is 1.41. The minimum absolute atomic E-state index is 0.154. The van der Waals surface area contributed by atoms with Crippen LogP contribution in [0.3, 0.4) is 0 Å². The quantitative estimate of drug-likeness (QED) is 0.332. The number of hydrogen-bond acceptors (Lipinski definition) is 4. The fourth-order valence-electron chi connectivity index (χ4n) is 4.33. The number of amides is 3. The maximum atomic E-state index is 13.2. The second-order valence-corrected chi connectivity index (χ2v) is 9.03. The van der Waals surface area contributed by atoms with E-state index in [1.54, 1.807) is 18.2 Å². The van der Waals surface area contributed by atoms with Crippen LogP contribution in [0, 0.1) is 0 Å². The van der Waals surface area contributed by atoms with Gasteiger partial charge in [-0.25, -0.2) is 0 Å². The molecule has 1 unspecified atom stereocenters. The summed E-state index contributed by atoms with van der Waals surface area (Å²) in [6, 6.07) is 23.0. The van der Waals surface area contributed by atoms with Crippen molar-refractivity contribution in [3.8, 4) is 0 Å². The first-order chi connectivity index (χ1) is 17.9. The summed E-state index contributed by atoms with van der Waals surface area (Å²) < 4.78 is 0. The lowest BCUT2D eigenvalue weighted by atomic mass is 10.00. The van der Waals surface area contributed by atoms with Gasteiger partial charge >= 0.3 is 0 Å². The number of ketones is 1. The number of carbonyl (C=O) groups excluding carboxylic acids is 4. The highest BCUT2D eigenvalue weighted by Crippen LogP contribution is 2.17. The number of rotatable bonds is 10. The Kier molecular flexibility index (Phi) is 8.26. The third-order valence-corrected chi connectivity index (χ3v) is 6.33. The first-order valence-corrected chi connectivity index (χ1v) is 12.2. The lowest BCUT2D eigenvalue weighted by Crippen LogP contribution is -2.47. The molecule has 188 valence electrons. The highest BCUT2D eigenvalue weighted by atomic mass is 16.2. The van der Waals surface area contributed by atoms with Gasteiger partial charge in [0.2, 0.25) is 11.7 Å². The van der Waals surface area contributed by atoms with Crippen molar-refractivity contribution in [3.63, 3.8) is 0 Å². The van der Waals surface area contributed by atoms with Crippen molar-refractivity contribution in [2.75, 3.05) is 6.54 Å². The van der Waals surface area contributed by atoms with Crippen LogP contribution < -0.4 is 11.1 Å². The van der Waals surface area contributed by atoms with Gasteiger partial charge in [-0.15, -0.1) is 0 Å². The summed E-state index contributed by atoms with van der Waals surface area (Å²) in [7, 11) is 0. The number of carbonyl (C=O) groups is 4. The van der Waals surface area contributed by atoms with Crippen LogP contribution in [0.2, 0.25) is 0 Å². The van der Waals surface area contributed by atoms with Crippen molar-refractivity contribution in [2.24, 2.45) is 5.73 Å². The van der Waals surface area contributed by atoms with Crippen molar-refractivity contribution in [1.82, 2.24) is 10.2 Å². The van der Waals surface area contributed by atoms with E-state index >= 15 is 0 Å². The molecule has 7 nitrogen and oxygen atoms in total. The zero-order chi connectivity index (χ0) is 26.2. The van der Waals surface area contributed by atoms with Gasteiger partial charge in [0, 0.05) is 31.5 Å². The van der Waals surface area contributed by atoms with E-state index in [0.717, 1.165) is 29.7 Å².